The fourth-order valence-corrected chi connectivity index (χ4v) is 9.58. The Bertz CT molecular complexity index is 2000. The van der Waals surface area contributed by atoms with E-state index in [1.807, 2.05) is 31.2 Å². The summed E-state index contributed by atoms with van der Waals surface area (Å²) >= 11 is 0. The van der Waals surface area contributed by atoms with Crippen LogP contribution in [0, 0.1) is 17.3 Å². The minimum absolute atomic E-state index is 0.0687. The Morgan fingerprint density at radius 3 is 2.13 bits per heavy atom. The number of aliphatic hydroxyl groups is 1. The van der Waals surface area contributed by atoms with E-state index in [9.17, 15) is 33.9 Å². The van der Waals surface area contributed by atoms with Crippen molar-refractivity contribution in [2.75, 3.05) is 6.54 Å². The maximum Gasteiger partial charge on any atom is 0.497 e. The van der Waals surface area contributed by atoms with E-state index >= 15 is 0 Å². The van der Waals surface area contributed by atoms with Gasteiger partial charge in [0.25, 0.3) is 11.8 Å². The molecule has 5 aliphatic rings. The molecule has 2 aromatic rings. The van der Waals surface area contributed by atoms with Gasteiger partial charge in [-0.3, -0.25) is 28.8 Å². The van der Waals surface area contributed by atoms with E-state index in [1.54, 1.807) is 12.1 Å². The van der Waals surface area contributed by atoms with Crippen molar-refractivity contribution < 1.29 is 43.2 Å². The molecule has 13 N–H and O–H groups in total. The molecule has 5 fully saturated rings. The fraction of sp³-hybridized carbons (Fsp3) is 0.581. The summed E-state index contributed by atoms with van der Waals surface area (Å²) in [4.78, 5) is 80.7. The number of nitrogens with zero attached hydrogens (tertiary/aromatic N) is 1. The van der Waals surface area contributed by atoms with E-state index in [4.69, 9.17) is 32.2 Å². The minimum Gasteiger partial charge on any atom is -0.403 e. The molecule has 0 spiro atoms. The highest BCUT2D eigenvalue weighted by molar-refractivity contribution is 6.47. The van der Waals surface area contributed by atoms with Crippen LogP contribution < -0.4 is 44.2 Å². The molecule has 3 unspecified atom stereocenters. The Morgan fingerprint density at radius 1 is 0.887 bits per heavy atom. The number of hydrogen-bond donors (Lipinski definition) is 9. The van der Waals surface area contributed by atoms with E-state index in [0.717, 1.165) is 43.2 Å². The standard InChI is InChI=1S/C43H62BN9O9/c1-6-7-8-23-9-11-24(12-10-23)25-13-15-26(16-14-25)40(60)53-21-28(45)19-30(53)37(57)50-34(22(2)54)38(58)51-35(47)39(59)49-29(20-33(46)55)36(56)52-41(48)44-61-32-18-27-17-31(42(27,3)4)43(32,5)62-44/h9-16,22,27-32,34-35,41,54H,6-8,17-21,45,47-48H2,1-5H3,(H2,46,55)(H,49,59)(H,50,57)(H,51,58)(H,52,56)/t22-,27+,28+,29?,30?,31+,32?,34+,35-,41-,43+/m1/s1. The molecule has 2 saturated heterocycles. The highest BCUT2D eigenvalue weighted by Gasteiger charge is 2.68. The summed E-state index contributed by atoms with van der Waals surface area (Å²) in [6.45, 7) is 9.86. The third-order valence-electron chi connectivity index (χ3n) is 13.4. The summed E-state index contributed by atoms with van der Waals surface area (Å²) in [5, 5.41) is 20.1. The van der Waals surface area contributed by atoms with Crippen molar-refractivity contribution in [1.29, 1.82) is 0 Å². The van der Waals surface area contributed by atoms with Gasteiger partial charge in [-0.25, -0.2) is 0 Å². The summed E-state index contributed by atoms with van der Waals surface area (Å²) in [7, 11) is -0.997. The van der Waals surface area contributed by atoms with Crippen molar-refractivity contribution in [2.45, 2.75) is 134 Å². The lowest BCUT2D eigenvalue weighted by atomic mass is 9.43. The maximum atomic E-state index is 13.7. The Balaban J connectivity index is 1.03. The van der Waals surface area contributed by atoms with Crippen molar-refractivity contribution in [3.05, 3.63) is 59.7 Å². The molecule has 0 radical (unpaired) electrons. The molecule has 336 valence electrons. The number of aliphatic hydroxyl groups excluding tert-OH is 1. The van der Waals surface area contributed by atoms with Crippen molar-refractivity contribution in [3.63, 3.8) is 0 Å². The third kappa shape index (κ3) is 9.82. The van der Waals surface area contributed by atoms with Gasteiger partial charge in [-0.2, -0.15) is 0 Å². The molecule has 18 nitrogen and oxygen atoms in total. The quantitative estimate of drug-likeness (QED) is 0.0721. The molecule has 19 heteroatoms. The van der Waals surface area contributed by atoms with Gasteiger partial charge in [0.15, 0.2) is 6.17 Å². The maximum absolute atomic E-state index is 13.7. The second-order valence-corrected chi connectivity index (χ2v) is 18.2. The van der Waals surface area contributed by atoms with Crippen molar-refractivity contribution in [1.82, 2.24) is 26.2 Å². The number of benzene rings is 2. The first kappa shape index (κ1) is 46.6. The van der Waals surface area contributed by atoms with Crippen LogP contribution in [0.1, 0.15) is 89.1 Å². The average Bonchev–Trinajstić information content (AvgIpc) is 3.81. The lowest BCUT2D eigenvalue weighted by Crippen LogP contribution is -2.65. The predicted octanol–water partition coefficient (Wildman–Crippen LogP) is -0.467. The van der Waals surface area contributed by atoms with Crippen LogP contribution in [0.5, 0.6) is 0 Å². The highest BCUT2D eigenvalue weighted by atomic mass is 16.7. The molecule has 11 atom stereocenters. The first-order valence-corrected chi connectivity index (χ1v) is 21.5. The van der Waals surface area contributed by atoms with Gasteiger partial charge in [0.1, 0.15) is 24.2 Å². The van der Waals surface area contributed by atoms with E-state index in [1.165, 1.54) is 17.4 Å². The SMILES string of the molecule is CCCCc1ccc(-c2ccc(C(=O)N3C[C@@H](N)CC3C(=O)N[C@H](C(=O)N[C@@H](N)C(=O)NC(CC(N)=O)C(=O)N[C@@H](N)B3OC4C[C@@H]5C[C@@H](C5(C)C)[C@]4(C)O3)[C@@H](C)O)cc2)cc1. The van der Waals surface area contributed by atoms with Gasteiger partial charge in [-0.1, -0.05) is 63.6 Å². The van der Waals surface area contributed by atoms with Crippen molar-refractivity contribution >= 4 is 42.6 Å². The number of rotatable bonds is 17. The third-order valence-corrected chi connectivity index (χ3v) is 13.4. The Labute approximate surface area is 362 Å². The lowest BCUT2D eigenvalue weighted by molar-refractivity contribution is -0.199. The predicted molar refractivity (Wildman–Crippen MR) is 230 cm³/mol. The second-order valence-electron chi connectivity index (χ2n) is 18.2. The number of nitrogens with one attached hydrogen (secondary N) is 4. The van der Waals surface area contributed by atoms with Crippen LogP contribution in [0.2, 0.25) is 0 Å². The number of aryl methyl sites for hydroxylation is 1. The fourth-order valence-electron chi connectivity index (χ4n) is 9.58. The number of nitrogens with two attached hydrogens (primary N) is 4. The number of unbranched alkanes of at least 4 members (excludes halogenated alkanes) is 1. The van der Waals surface area contributed by atoms with Gasteiger partial charge in [0.2, 0.25) is 23.6 Å². The largest absolute Gasteiger partial charge is 0.497 e. The van der Waals surface area contributed by atoms with Gasteiger partial charge in [0.05, 0.1) is 24.2 Å². The average molecular weight is 860 g/mol. The topological polar surface area (TPSA) is 297 Å². The molecule has 2 aromatic carbocycles. The van der Waals surface area contributed by atoms with Crippen molar-refractivity contribution in [3.8, 4) is 11.1 Å². The molecule has 0 aromatic heterocycles. The summed E-state index contributed by atoms with van der Waals surface area (Å²) < 4.78 is 12.5. The number of likely N-dealkylation sites (tertiary alicyclic amines) is 1. The van der Waals surface area contributed by atoms with Crippen LogP contribution in [0.15, 0.2) is 48.5 Å². The summed E-state index contributed by atoms with van der Waals surface area (Å²) in [5.41, 5.74) is 26.9. The zero-order valence-electron chi connectivity index (χ0n) is 36.1. The molecule has 2 heterocycles. The number of primary amides is 1. The van der Waals surface area contributed by atoms with E-state index in [-0.39, 0.29) is 30.4 Å². The van der Waals surface area contributed by atoms with Crippen LogP contribution in [-0.4, -0.2) is 113 Å². The molecule has 7 rings (SSSR count). The van der Waals surface area contributed by atoms with Gasteiger partial charge in [-0.15, -0.1) is 0 Å². The molecule has 62 heavy (non-hydrogen) atoms. The molecule has 3 aliphatic carbocycles. The highest BCUT2D eigenvalue weighted by Crippen LogP contribution is 2.65. The first-order valence-electron chi connectivity index (χ1n) is 21.5. The van der Waals surface area contributed by atoms with E-state index in [2.05, 4.69) is 54.2 Å². The van der Waals surface area contributed by atoms with Gasteiger partial charge in [-0.05, 0) is 92.0 Å². The number of amides is 6. The summed E-state index contributed by atoms with van der Waals surface area (Å²) in [5.74, 6) is -4.43. The second kappa shape index (κ2) is 18.8. The van der Waals surface area contributed by atoms with Gasteiger partial charge >= 0.3 is 7.12 Å². The first-order chi connectivity index (χ1) is 29.2. The minimum atomic E-state index is -1.82. The summed E-state index contributed by atoms with van der Waals surface area (Å²) in [6, 6.07) is 9.32. The smallest absolute Gasteiger partial charge is 0.403 e. The Kier molecular flexibility index (Phi) is 14.1. The molecular weight excluding hydrogens is 797 g/mol. The van der Waals surface area contributed by atoms with E-state index < -0.39 is 97.1 Å². The zero-order valence-corrected chi connectivity index (χ0v) is 36.1. The van der Waals surface area contributed by atoms with Crippen LogP contribution in [0.3, 0.4) is 0 Å². The number of carbonyl (C=O) groups is 6. The number of hydrogen-bond acceptors (Lipinski definition) is 12. The summed E-state index contributed by atoms with van der Waals surface area (Å²) in [6.07, 6.45) is 0.956. The molecule has 6 amide bonds. The molecule has 2 bridgehead atoms. The van der Waals surface area contributed by atoms with Gasteiger partial charge in [0, 0.05) is 18.2 Å². The van der Waals surface area contributed by atoms with Crippen LogP contribution in [0.25, 0.3) is 11.1 Å². The van der Waals surface area contributed by atoms with Crippen LogP contribution >= 0.6 is 0 Å². The Morgan fingerprint density at radius 2 is 1.53 bits per heavy atom. The molecule has 3 saturated carbocycles. The molecule has 2 aliphatic heterocycles. The zero-order chi connectivity index (χ0) is 45.3. The Hall–Kier alpha value is -4.92. The normalized spacial score (nSPS) is 27.1. The molecular formula is C43H62BN9O9. The monoisotopic (exact) mass is 859 g/mol. The van der Waals surface area contributed by atoms with Crippen molar-refractivity contribution in [2.24, 2.45) is 40.2 Å². The number of carbonyl (C=O) groups excluding carboxylic acids is 6. The van der Waals surface area contributed by atoms with Gasteiger partial charge < -0.3 is 63.5 Å². The van der Waals surface area contributed by atoms with E-state index in [0.29, 0.717) is 11.5 Å². The van der Waals surface area contributed by atoms with Crippen LogP contribution in [0.4, 0.5) is 0 Å². The van der Waals surface area contributed by atoms with Crippen LogP contribution in [-0.2, 0) is 39.7 Å². The lowest BCUT2D eigenvalue weighted by Gasteiger charge is -2.64.